The van der Waals surface area contributed by atoms with Crippen LogP contribution in [0.2, 0.25) is 0 Å². The van der Waals surface area contributed by atoms with E-state index in [1.165, 1.54) is 0 Å². The highest BCUT2D eigenvalue weighted by Gasteiger charge is 2.33. The summed E-state index contributed by atoms with van der Waals surface area (Å²) in [5.74, 6) is -0.883. The molecule has 2 aliphatic heterocycles. The normalized spacial score (nSPS) is 22.4. The second kappa shape index (κ2) is 7.70. The standard InChI is InChI=1S/C20H22N2O4S/c23-20(24)14-18-13-15-3-1-2-4-19(15)27(25)22(18)17-7-5-16(6-8-17)21-9-11-26-12-10-21/h1-8,18H,9-14H2,(H,23,24). The van der Waals surface area contributed by atoms with Gasteiger partial charge in [-0.05, 0) is 42.3 Å². The Hall–Kier alpha value is -2.38. The molecule has 2 heterocycles. The molecule has 0 aromatic heterocycles. The number of carboxylic acids is 1. The smallest absolute Gasteiger partial charge is 0.305 e. The number of carboxylic acid groups (broad SMARTS) is 1. The monoisotopic (exact) mass is 386 g/mol. The van der Waals surface area contributed by atoms with E-state index in [4.69, 9.17) is 4.74 Å². The van der Waals surface area contributed by atoms with Crippen LogP contribution in [0.25, 0.3) is 0 Å². The van der Waals surface area contributed by atoms with Crippen molar-refractivity contribution in [1.82, 2.24) is 0 Å². The highest BCUT2D eigenvalue weighted by Crippen LogP contribution is 2.34. The van der Waals surface area contributed by atoms with Crippen molar-refractivity contribution in [3.05, 3.63) is 54.1 Å². The Morgan fingerprint density at radius 1 is 1.07 bits per heavy atom. The van der Waals surface area contributed by atoms with Gasteiger partial charge in [0.15, 0.2) is 11.0 Å². The van der Waals surface area contributed by atoms with E-state index in [0.29, 0.717) is 6.42 Å². The largest absolute Gasteiger partial charge is 0.481 e. The molecular weight excluding hydrogens is 364 g/mol. The van der Waals surface area contributed by atoms with Gasteiger partial charge in [0.05, 0.1) is 36.3 Å². The van der Waals surface area contributed by atoms with Gasteiger partial charge in [0.1, 0.15) is 0 Å². The summed E-state index contributed by atoms with van der Waals surface area (Å²) < 4.78 is 20.4. The molecule has 142 valence electrons. The van der Waals surface area contributed by atoms with E-state index in [1.54, 1.807) is 4.31 Å². The molecule has 0 bridgehead atoms. The van der Waals surface area contributed by atoms with Crippen molar-refractivity contribution in [2.45, 2.75) is 23.8 Å². The van der Waals surface area contributed by atoms with E-state index in [-0.39, 0.29) is 12.5 Å². The Morgan fingerprint density at radius 2 is 1.74 bits per heavy atom. The van der Waals surface area contributed by atoms with Crippen molar-refractivity contribution >= 4 is 28.3 Å². The molecule has 1 N–H and O–H groups in total. The minimum atomic E-state index is -1.43. The van der Waals surface area contributed by atoms with Crippen molar-refractivity contribution in [3.8, 4) is 0 Å². The molecule has 6 nitrogen and oxygen atoms in total. The summed E-state index contributed by atoms with van der Waals surface area (Å²) in [6.07, 6.45) is 0.519. The molecule has 2 aromatic carbocycles. The molecule has 4 rings (SSSR count). The topological polar surface area (TPSA) is 70.1 Å². The Balaban J connectivity index is 1.64. The first-order valence-electron chi connectivity index (χ1n) is 9.07. The number of anilines is 2. The molecule has 2 unspecified atom stereocenters. The van der Waals surface area contributed by atoms with E-state index in [0.717, 1.165) is 48.1 Å². The first-order chi connectivity index (χ1) is 13.1. The molecular formula is C20H22N2O4S. The number of benzene rings is 2. The van der Waals surface area contributed by atoms with Crippen LogP contribution in [0.15, 0.2) is 53.4 Å². The fourth-order valence-electron chi connectivity index (χ4n) is 3.72. The Bertz CT molecular complexity index is 849. The minimum Gasteiger partial charge on any atom is -0.481 e. The van der Waals surface area contributed by atoms with E-state index in [9.17, 15) is 14.1 Å². The number of ether oxygens (including phenoxy) is 1. The molecule has 2 aliphatic rings. The maximum absolute atomic E-state index is 13.2. The van der Waals surface area contributed by atoms with Crippen molar-refractivity contribution in [3.63, 3.8) is 0 Å². The quantitative estimate of drug-likeness (QED) is 0.874. The van der Waals surface area contributed by atoms with Crippen molar-refractivity contribution in [2.75, 3.05) is 35.5 Å². The number of rotatable bonds is 4. The van der Waals surface area contributed by atoms with Crippen molar-refractivity contribution in [2.24, 2.45) is 0 Å². The predicted octanol–water partition coefficient (Wildman–Crippen LogP) is 2.45. The molecule has 2 atom stereocenters. The predicted molar refractivity (Wildman–Crippen MR) is 105 cm³/mol. The third-order valence-electron chi connectivity index (χ3n) is 5.02. The molecule has 0 spiro atoms. The SMILES string of the molecule is O=C(O)CC1Cc2ccccc2S(=O)N1c1ccc(N2CCOCC2)cc1. The van der Waals surface area contributed by atoms with E-state index < -0.39 is 17.0 Å². The van der Waals surface area contributed by atoms with Gasteiger partial charge in [0, 0.05) is 18.8 Å². The summed E-state index contributed by atoms with van der Waals surface area (Å²) in [5, 5.41) is 9.33. The Kier molecular flexibility index (Phi) is 5.13. The van der Waals surface area contributed by atoms with Crippen LogP contribution in [0.1, 0.15) is 12.0 Å². The van der Waals surface area contributed by atoms with Crippen molar-refractivity contribution < 1.29 is 18.8 Å². The summed E-state index contributed by atoms with van der Waals surface area (Å²) in [6, 6.07) is 15.1. The molecule has 2 aromatic rings. The summed E-state index contributed by atoms with van der Waals surface area (Å²) >= 11 is 0. The van der Waals surface area contributed by atoms with Gasteiger partial charge in [-0.15, -0.1) is 0 Å². The number of hydrogen-bond acceptors (Lipinski definition) is 4. The van der Waals surface area contributed by atoms with Crippen LogP contribution in [0, 0.1) is 0 Å². The van der Waals surface area contributed by atoms with Crippen LogP contribution < -0.4 is 9.21 Å². The lowest BCUT2D eigenvalue weighted by molar-refractivity contribution is -0.137. The van der Waals surface area contributed by atoms with Crippen LogP contribution in [0.5, 0.6) is 0 Å². The highest BCUT2D eigenvalue weighted by molar-refractivity contribution is 7.86. The fourth-order valence-corrected chi connectivity index (χ4v) is 5.23. The maximum Gasteiger partial charge on any atom is 0.305 e. The third-order valence-corrected chi connectivity index (χ3v) is 6.66. The van der Waals surface area contributed by atoms with Crippen LogP contribution in [0.3, 0.4) is 0 Å². The van der Waals surface area contributed by atoms with Gasteiger partial charge in [-0.2, -0.15) is 0 Å². The average Bonchev–Trinajstić information content (AvgIpc) is 2.69. The first-order valence-corrected chi connectivity index (χ1v) is 10.2. The average molecular weight is 386 g/mol. The lowest BCUT2D eigenvalue weighted by Crippen LogP contribution is -2.43. The van der Waals surface area contributed by atoms with Crippen LogP contribution >= 0.6 is 0 Å². The minimum absolute atomic E-state index is 0.0503. The first kappa shape index (κ1) is 18.0. The lowest BCUT2D eigenvalue weighted by atomic mass is 10.0. The molecule has 0 radical (unpaired) electrons. The second-order valence-corrected chi connectivity index (χ2v) is 8.09. The third kappa shape index (κ3) is 3.70. The molecule has 1 fully saturated rings. The number of nitrogens with zero attached hydrogens (tertiary/aromatic N) is 2. The van der Waals surface area contributed by atoms with Crippen molar-refractivity contribution in [1.29, 1.82) is 0 Å². The zero-order valence-corrected chi connectivity index (χ0v) is 15.7. The molecule has 0 aliphatic carbocycles. The van der Waals surface area contributed by atoms with Gasteiger partial charge in [-0.1, -0.05) is 18.2 Å². The zero-order chi connectivity index (χ0) is 18.8. The summed E-state index contributed by atoms with van der Waals surface area (Å²) in [6.45, 7) is 3.14. The van der Waals surface area contributed by atoms with Gasteiger partial charge in [-0.25, -0.2) is 4.21 Å². The van der Waals surface area contributed by atoms with Gasteiger partial charge in [-0.3, -0.25) is 9.10 Å². The number of fused-ring (bicyclic) bond motifs is 1. The van der Waals surface area contributed by atoms with Gasteiger partial charge < -0.3 is 14.7 Å². The Morgan fingerprint density at radius 3 is 2.44 bits per heavy atom. The second-order valence-electron chi connectivity index (χ2n) is 6.75. The van der Waals surface area contributed by atoms with E-state index in [2.05, 4.69) is 4.90 Å². The van der Waals surface area contributed by atoms with E-state index >= 15 is 0 Å². The van der Waals surface area contributed by atoms with Gasteiger partial charge >= 0.3 is 5.97 Å². The highest BCUT2D eigenvalue weighted by atomic mass is 32.2. The lowest BCUT2D eigenvalue weighted by Gasteiger charge is -2.36. The Labute approximate surface area is 160 Å². The molecule has 7 heteroatoms. The molecule has 27 heavy (non-hydrogen) atoms. The molecule has 1 saturated heterocycles. The van der Waals surface area contributed by atoms with Gasteiger partial charge in [0.25, 0.3) is 0 Å². The van der Waals surface area contributed by atoms with Crippen LogP contribution in [-0.2, 0) is 26.9 Å². The van der Waals surface area contributed by atoms with E-state index in [1.807, 2.05) is 48.5 Å². The van der Waals surface area contributed by atoms with Gasteiger partial charge in [0.2, 0.25) is 0 Å². The number of aliphatic carboxylic acids is 1. The number of carbonyl (C=O) groups is 1. The number of hydrogen-bond donors (Lipinski definition) is 1. The summed E-state index contributed by atoms with van der Waals surface area (Å²) in [7, 11) is -1.43. The summed E-state index contributed by atoms with van der Waals surface area (Å²) in [4.78, 5) is 14.4. The van der Waals surface area contributed by atoms with Crippen LogP contribution in [-0.4, -0.2) is 47.6 Å². The summed E-state index contributed by atoms with van der Waals surface area (Å²) in [5.41, 5.74) is 2.84. The maximum atomic E-state index is 13.2. The zero-order valence-electron chi connectivity index (χ0n) is 14.9. The molecule has 0 amide bonds. The molecule has 0 saturated carbocycles. The fraction of sp³-hybridized carbons (Fsp3) is 0.350. The van der Waals surface area contributed by atoms with Crippen LogP contribution in [0.4, 0.5) is 11.4 Å². The number of morpholine rings is 1.